The number of fused-ring (bicyclic) bond motifs is 1. The van der Waals surface area contributed by atoms with E-state index in [-0.39, 0.29) is 23.6 Å². The minimum absolute atomic E-state index is 0.132. The molecule has 2 amide bonds. The lowest BCUT2D eigenvalue weighted by atomic mass is 10.0. The molecule has 1 fully saturated rings. The molecule has 1 atom stereocenters. The van der Waals surface area contributed by atoms with Gasteiger partial charge in [0.05, 0.1) is 6.26 Å². The molecule has 0 aliphatic heterocycles. The van der Waals surface area contributed by atoms with Crippen LogP contribution in [0.5, 0.6) is 0 Å². The number of aryl methyl sites for hydroxylation is 2. The van der Waals surface area contributed by atoms with Gasteiger partial charge in [0.15, 0.2) is 5.76 Å². The Balaban J connectivity index is 1.60. The Kier molecular flexibility index (Phi) is 6.23. The quantitative estimate of drug-likeness (QED) is 0.498. The second kappa shape index (κ2) is 9.44. The predicted molar refractivity (Wildman–Crippen MR) is 129 cm³/mol. The van der Waals surface area contributed by atoms with E-state index < -0.39 is 6.04 Å². The highest BCUT2D eigenvalue weighted by Gasteiger charge is 2.36. The van der Waals surface area contributed by atoms with Crippen LogP contribution in [0.1, 0.15) is 65.4 Å². The summed E-state index contributed by atoms with van der Waals surface area (Å²) in [5.41, 5.74) is 3.94. The Bertz CT molecular complexity index is 1130. The highest BCUT2D eigenvalue weighted by molar-refractivity contribution is 6.30. The van der Waals surface area contributed by atoms with E-state index in [9.17, 15) is 9.59 Å². The number of furan rings is 1. The van der Waals surface area contributed by atoms with Crippen LogP contribution in [0.2, 0.25) is 5.02 Å². The van der Waals surface area contributed by atoms with Gasteiger partial charge in [0, 0.05) is 16.8 Å². The van der Waals surface area contributed by atoms with E-state index in [2.05, 4.69) is 17.4 Å². The monoisotopic (exact) mass is 462 g/mol. The number of hydrogen-bond donors (Lipinski definition) is 1. The molecule has 170 valence electrons. The molecule has 1 heterocycles. The fraction of sp³-hybridized carbons (Fsp3) is 0.333. The van der Waals surface area contributed by atoms with Crippen LogP contribution >= 0.6 is 11.6 Å². The summed E-state index contributed by atoms with van der Waals surface area (Å²) in [5, 5.41) is 3.78. The highest BCUT2D eigenvalue weighted by atomic mass is 35.5. The number of halogens is 1. The minimum Gasteiger partial charge on any atom is -0.459 e. The first kappa shape index (κ1) is 21.8. The van der Waals surface area contributed by atoms with Crippen molar-refractivity contribution in [1.82, 2.24) is 5.32 Å². The van der Waals surface area contributed by atoms with Gasteiger partial charge in [-0.3, -0.25) is 14.5 Å². The second-order valence-electron chi connectivity index (χ2n) is 8.90. The van der Waals surface area contributed by atoms with E-state index in [0.717, 1.165) is 44.9 Å². The number of rotatable bonds is 6. The summed E-state index contributed by atoms with van der Waals surface area (Å²) in [7, 11) is 0. The van der Waals surface area contributed by atoms with Crippen LogP contribution in [0.15, 0.2) is 65.3 Å². The summed E-state index contributed by atoms with van der Waals surface area (Å²) >= 11 is 6.14. The first-order valence-corrected chi connectivity index (χ1v) is 12.0. The van der Waals surface area contributed by atoms with Crippen molar-refractivity contribution in [3.63, 3.8) is 0 Å². The summed E-state index contributed by atoms with van der Waals surface area (Å²) < 4.78 is 5.46. The van der Waals surface area contributed by atoms with Crippen LogP contribution < -0.4 is 10.2 Å². The molecule has 1 aromatic heterocycles. The Morgan fingerprint density at radius 1 is 0.970 bits per heavy atom. The predicted octanol–water partition coefficient (Wildman–Crippen LogP) is 5.87. The molecular formula is C27H27ClN2O3. The molecule has 6 heteroatoms. The lowest BCUT2D eigenvalue weighted by Gasteiger charge is -2.32. The van der Waals surface area contributed by atoms with E-state index in [4.69, 9.17) is 16.0 Å². The lowest BCUT2D eigenvalue weighted by Crippen LogP contribution is -2.46. The fourth-order valence-corrected chi connectivity index (χ4v) is 5.15. The molecule has 5 nitrogen and oxygen atoms in total. The zero-order valence-corrected chi connectivity index (χ0v) is 19.2. The third-order valence-electron chi connectivity index (χ3n) is 6.70. The van der Waals surface area contributed by atoms with Gasteiger partial charge in [-0.2, -0.15) is 0 Å². The van der Waals surface area contributed by atoms with Crippen molar-refractivity contribution < 1.29 is 14.0 Å². The summed E-state index contributed by atoms with van der Waals surface area (Å²) in [5.74, 6) is -0.341. The minimum atomic E-state index is -0.847. The van der Waals surface area contributed by atoms with Crippen LogP contribution in [0.25, 0.3) is 0 Å². The molecule has 3 aromatic rings. The Morgan fingerprint density at radius 2 is 1.73 bits per heavy atom. The lowest BCUT2D eigenvalue weighted by molar-refractivity contribution is -0.123. The van der Waals surface area contributed by atoms with Gasteiger partial charge >= 0.3 is 0 Å². The molecular weight excluding hydrogens is 436 g/mol. The van der Waals surface area contributed by atoms with E-state index in [1.54, 1.807) is 29.2 Å². The molecule has 0 bridgehead atoms. The molecule has 0 radical (unpaired) electrons. The Hall–Kier alpha value is -3.05. The molecule has 0 unspecified atom stereocenters. The van der Waals surface area contributed by atoms with Crippen molar-refractivity contribution in [2.45, 2.75) is 57.0 Å². The van der Waals surface area contributed by atoms with Crippen molar-refractivity contribution >= 4 is 29.1 Å². The summed E-state index contributed by atoms with van der Waals surface area (Å²) in [6.07, 6.45) is 8.75. The van der Waals surface area contributed by atoms with Crippen molar-refractivity contribution in [3.8, 4) is 0 Å². The average molecular weight is 463 g/mol. The van der Waals surface area contributed by atoms with Gasteiger partial charge < -0.3 is 9.73 Å². The van der Waals surface area contributed by atoms with Gasteiger partial charge in [0.25, 0.3) is 5.91 Å². The van der Waals surface area contributed by atoms with Crippen molar-refractivity contribution in [2.75, 3.05) is 4.90 Å². The fourth-order valence-electron chi connectivity index (χ4n) is 5.02. The Labute approximate surface area is 198 Å². The number of hydrogen-bond acceptors (Lipinski definition) is 3. The number of benzene rings is 2. The van der Waals surface area contributed by atoms with Gasteiger partial charge in [0.1, 0.15) is 6.04 Å². The van der Waals surface area contributed by atoms with Crippen LogP contribution in [-0.4, -0.2) is 17.9 Å². The number of anilines is 1. The van der Waals surface area contributed by atoms with Gasteiger partial charge in [-0.25, -0.2) is 0 Å². The van der Waals surface area contributed by atoms with E-state index in [1.807, 2.05) is 18.2 Å². The van der Waals surface area contributed by atoms with E-state index >= 15 is 0 Å². The zero-order valence-electron chi connectivity index (χ0n) is 18.4. The zero-order chi connectivity index (χ0) is 22.8. The van der Waals surface area contributed by atoms with E-state index in [0.29, 0.717) is 16.3 Å². The molecule has 33 heavy (non-hydrogen) atoms. The maximum absolute atomic E-state index is 13.8. The van der Waals surface area contributed by atoms with Crippen LogP contribution in [-0.2, 0) is 17.6 Å². The van der Waals surface area contributed by atoms with Crippen molar-refractivity contribution in [3.05, 3.63) is 88.3 Å². The molecule has 2 aromatic carbocycles. The smallest absolute Gasteiger partial charge is 0.294 e. The summed E-state index contributed by atoms with van der Waals surface area (Å²) in [4.78, 5) is 29.1. The number of amides is 2. The average Bonchev–Trinajstić information content (AvgIpc) is 3.60. The number of carbonyl (C=O) groups excluding carboxylic acids is 2. The molecule has 0 spiro atoms. The molecule has 0 saturated heterocycles. The third kappa shape index (κ3) is 4.55. The maximum Gasteiger partial charge on any atom is 0.294 e. The van der Waals surface area contributed by atoms with Gasteiger partial charge in [-0.05, 0) is 85.2 Å². The van der Waals surface area contributed by atoms with Crippen molar-refractivity contribution in [2.24, 2.45) is 0 Å². The Morgan fingerprint density at radius 3 is 2.45 bits per heavy atom. The highest BCUT2D eigenvalue weighted by Crippen LogP contribution is 2.34. The molecule has 5 rings (SSSR count). The van der Waals surface area contributed by atoms with Crippen LogP contribution in [0, 0.1) is 0 Å². The third-order valence-corrected chi connectivity index (χ3v) is 6.96. The maximum atomic E-state index is 13.8. The van der Waals surface area contributed by atoms with Crippen LogP contribution in [0.3, 0.4) is 0 Å². The SMILES string of the molecule is O=C(NC1CCCC1)[C@H](c1ccc(Cl)cc1)N(C(=O)c1ccco1)c1ccc2c(c1)CCC2. The molecule has 1 N–H and O–H groups in total. The first-order chi connectivity index (χ1) is 16.1. The largest absolute Gasteiger partial charge is 0.459 e. The van der Waals surface area contributed by atoms with Gasteiger partial charge in [-0.15, -0.1) is 0 Å². The number of nitrogens with zero attached hydrogens (tertiary/aromatic N) is 1. The molecule has 2 aliphatic carbocycles. The first-order valence-electron chi connectivity index (χ1n) is 11.6. The summed E-state index contributed by atoms with van der Waals surface area (Å²) in [6.45, 7) is 0. The normalized spacial score (nSPS) is 16.4. The standard InChI is InChI=1S/C27H27ClN2O3/c28-21-13-10-19(11-14-21)25(26(31)29-22-7-1-2-8-22)30(27(32)24-9-4-16-33-24)23-15-12-18-5-3-6-20(18)17-23/h4,9-17,22,25H,1-3,5-8H2,(H,29,31)/t25-/m0/s1. The molecule has 1 saturated carbocycles. The van der Waals surface area contributed by atoms with E-state index in [1.165, 1.54) is 17.4 Å². The topological polar surface area (TPSA) is 62.6 Å². The number of carbonyl (C=O) groups is 2. The summed E-state index contributed by atoms with van der Waals surface area (Å²) in [6, 6.07) is 15.8. The molecule has 2 aliphatic rings. The van der Waals surface area contributed by atoms with Crippen molar-refractivity contribution in [1.29, 1.82) is 0 Å². The second-order valence-corrected chi connectivity index (χ2v) is 9.34. The van der Waals surface area contributed by atoms with Gasteiger partial charge in [0.2, 0.25) is 5.91 Å². The van der Waals surface area contributed by atoms with Gasteiger partial charge in [-0.1, -0.05) is 42.6 Å². The van der Waals surface area contributed by atoms with Crippen LogP contribution in [0.4, 0.5) is 5.69 Å². The number of nitrogens with one attached hydrogen (secondary N) is 1.